The van der Waals surface area contributed by atoms with Crippen molar-refractivity contribution in [1.29, 1.82) is 0 Å². The topological polar surface area (TPSA) is 61.0 Å². The van der Waals surface area contributed by atoms with Crippen molar-refractivity contribution in [3.8, 4) is 5.75 Å². The summed E-state index contributed by atoms with van der Waals surface area (Å²) >= 11 is 0. The molecule has 1 aliphatic rings. The highest BCUT2D eigenvalue weighted by atomic mass is 16.5. The number of aromatic nitrogens is 2. The fourth-order valence-electron chi connectivity index (χ4n) is 2.54. The number of hydrogen-bond acceptors (Lipinski definition) is 4. The van der Waals surface area contributed by atoms with Gasteiger partial charge in [-0.1, -0.05) is 18.2 Å². The Balaban J connectivity index is 2.07. The molecule has 0 saturated carbocycles. The van der Waals surface area contributed by atoms with Crippen molar-refractivity contribution in [3.63, 3.8) is 0 Å². The molecule has 0 aliphatic carbocycles. The van der Waals surface area contributed by atoms with Gasteiger partial charge < -0.3 is 10.5 Å². The maximum absolute atomic E-state index is 6.41. The summed E-state index contributed by atoms with van der Waals surface area (Å²) in [7, 11) is 0. The van der Waals surface area contributed by atoms with E-state index in [0.29, 0.717) is 0 Å². The van der Waals surface area contributed by atoms with E-state index in [-0.39, 0.29) is 6.04 Å². The van der Waals surface area contributed by atoms with Crippen molar-refractivity contribution in [1.82, 2.24) is 10.2 Å². The Hall–Kier alpha value is -1.94. The van der Waals surface area contributed by atoms with Gasteiger partial charge in [0, 0.05) is 12.0 Å². The molecule has 2 N–H and O–H groups in total. The lowest BCUT2D eigenvalue weighted by Crippen LogP contribution is -2.15. The van der Waals surface area contributed by atoms with Crippen LogP contribution in [0.25, 0.3) is 0 Å². The van der Waals surface area contributed by atoms with Crippen molar-refractivity contribution in [3.05, 3.63) is 52.3 Å². The number of benzene rings is 1. The molecule has 1 unspecified atom stereocenters. The van der Waals surface area contributed by atoms with Crippen LogP contribution in [0.1, 0.15) is 34.1 Å². The van der Waals surface area contributed by atoms with Crippen LogP contribution in [0.3, 0.4) is 0 Å². The van der Waals surface area contributed by atoms with Gasteiger partial charge in [0.05, 0.1) is 24.0 Å². The third kappa shape index (κ3) is 2.08. The highest BCUT2D eigenvalue weighted by molar-refractivity contribution is 5.49. The molecular weight excluding hydrogens is 238 g/mol. The summed E-state index contributed by atoms with van der Waals surface area (Å²) < 4.78 is 5.73. The van der Waals surface area contributed by atoms with Crippen LogP contribution in [0, 0.1) is 13.8 Å². The second kappa shape index (κ2) is 4.63. The van der Waals surface area contributed by atoms with Crippen LogP contribution in [0.2, 0.25) is 0 Å². The third-order valence-corrected chi connectivity index (χ3v) is 3.55. The monoisotopic (exact) mass is 255 g/mol. The molecule has 98 valence electrons. The highest BCUT2D eigenvalue weighted by Crippen LogP contribution is 2.35. The van der Waals surface area contributed by atoms with Gasteiger partial charge in [-0.15, -0.1) is 0 Å². The summed E-state index contributed by atoms with van der Waals surface area (Å²) in [5.41, 5.74) is 11.4. The second-order valence-electron chi connectivity index (χ2n) is 4.94. The minimum absolute atomic E-state index is 0.220. The molecule has 4 nitrogen and oxygen atoms in total. The zero-order chi connectivity index (χ0) is 13.4. The molecule has 0 amide bonds. The Morgan fingerprint density at radius 2 is 2.05 bits per heavy atom. The number of aryl methyl sites for hydroxylation is 2. The number of para-hydroxylation sites is 1. The average molecular weight is 255 g/mol. The van der Waals surface area contributed by atoms with E-state index in [9.17, 15) is 0 Å². The zero-order valence-corrected chi connectivity index (χ0v) is 11.2. The van der Waals surface area contributed by atoms with E-state index in [0.717, 1.165) is 41.3 Å². The van der Waals surface area contributed by atoms with E-state index >= 15 is 0 Å². The molecular formula is C15H17N3O. The Labute approximate surface area is 112 Å². The van der Waals surface area contributed by atoms with E-state index in [4.69, 9.17) is 10.5 Å². The molecule has 1 atom stereocenters. The van der Waals surface area contributed by atoms with Gasteiger partial charge in [-0.05, 0) is 31.0 Å². The fourth-order valence-corrected chi connectivity index (χ4v) is 2.54. The smallest absolute Gasteiger partial charge is 0.127 e. The molecule has 0 fully saturated rings. The van der Waals surface area contributed by atoms with E-state index in [2.05, 4.69) is 16.3 Å². The molecule has 0 saturated heterocycles. The van der Waals surface area contributed by atoms with Gasteiger partial charge in [0.25, 0.3) is 0 Å². The Morgan fingerprint density at radius 1 is 1.21 bits per heavy atom. The summed E-state index contributed by atoms with van der Waals surface area (Å²) in [6.07, 6.45) is 0.961. The van der Waals surface area contributed by atoms with Gasteiger partial charge in [0.15, 0.2) is 0 Å². The SMILES string of the molecule is Cc1cc(C(N)c2cccc3c2OCC3)c(C)nn1. The normalized spacial score (nSPS) is 14.9. The van der Waals surface area contributed by atoms with E-state index < -0.39 is 0 Å². The first-order valence-corrected chi connectivity index (χ1v) is 6.48. The molecule has 0 bridgehead atoms. The number of hydrogen-bond donors (Lipinski definition) is 1. The predicted molar refractivity (Wildman–Crippen MR) is 73.2 cm³/mol. The molecule has 1 aromatic heterocycles. The molecule has 19 heavy (non-hydrogen) atoms. The first kappa shape index (κ1) is 12.1. The largest absolute Gasteiger partial charge is 0.493 e. The van der Waals surface area contributed by atoms with E-state index in [1.54, 1.807) is 0 Å². The van der Waals surface area contributed by atoms with Crippen molar-refractivity contribution in [2.24, 2.45) is 5.73 Å². The van der Waals surface area contributed by atoms with Crippen LogP contribution >= 0.6 is 0 Å². The summed E-state index contributed by atoms with van der Waals surface area (Å²) in [5.74, 6) is 0.948. The van der Waals surface area contributed by atoms with E-state index in [1.807, 2.05) is 32.0 Å². The standard InChI is InChI=1S/C15H17N3O/c1-9-8-13(10(2)18-17-9)14(16)12-5-3-4-11-6-7-19-15(11)12/h3-5,8,14H,6-7,16H2,1-2H3. The zero-order valence-electron chi connectivity index (χ0n) is 11.2. The summed E-state index contributed by atoms with van der Waals surface area (Å²) in [6, 6.07) is 7.95. The number of ether oxygens (including phenoxy) is 1. The van der Waals surface area contributed by atoms with Gasteiger partial charge in [-0.3, -0.25) is 0 Å². The van der Waals surface area contributed by atoms with Gasteiger partial charge in [-0.25, -0.2) is 0 Å². The maximum Gasteiger partial charge on any atom is 0.127 e. The maximum atomic E-state index is 6.41. The molecule has 2 aromatic rings. The van der Waals surface area contributed by atoms with Crippen molar-refractivity contribution >= 4 is 0 Å². The number of rotatable bonds is 2. The fraction of sp³-hybridized carbons (Fsp3) is 0.333. The van der Waals surface area contributed by atoms with Gasteiger partial charge in [0.1, 0.15) is 5.75 Å². The number of nitrogens with two attached hydrogens (primary N) is 1. The van der Waals surface area contributed by atoms with Gasteiger partial charge >= 0.3 is 0 Å². The third-order valence-electron chi connectivity index (χ3n) is 3.55. The van der Waals surface area contributed by atoms with Crippen LogP contribution < -0.4 is 10.5 Å². The number of nitrogens with zero attached hydrogens (tertiary/aromatic N) is 2. The lowest BCUT2D eigenvalue weighted by molar-refractivity contribution is 0.352. The molecule has 3 rings (SSSR count). The quantitative estimate of drug-likeness (QED) is 0.892. The Morgan fingerprint density at radius 3 is 2.89 bits per heavy atom. The van der Waals surface area contributed by atoms with Crippen molar-refractivity contribution in [2.45, 2.75) is 26.3 Å². The summed E-state index contributed by atoms with van der Waals surface area (Å²) in [4.78, 5) is 0. The first-order chi connectivity index (χ1) is 9.16. The van der Waals surface area contributed by atoms with Gasteiger partial charge in [-0.2, -0.15) is 10.2 Å². The molecule has 1 aromatic carbocycles. The minimum atomic E-state index is -0.220. The lowest BCUT2D eigenvalue weighted by Gasteiger charge is -2.17. The van der Waals surface area contributed by atoms with Crippen LogP contribution in [-0.2, 0) is 6.42 Å². The summed E-state index contributed by atoms with van der Waals surface area (Å²) in [6.45, 7) is 4.60. The second-order valence-corrected chi connectivity index (χ2v) is 4.94. The Bertz CT molecular complexity index is 625. The molecule has 4 heteroatoms. The first-order valence-electron chi connectivity index (χ1n) is 6.48. The van der Waals surface area contributed by atoms with Crippen LogP contribution in [-0.4, -0.2) is 16.8 Å². The van der Waals surface area contributed by atoms with Gasteiger partial charge in [0.2, 0.25) is 0 Å². The van der Waals surface area contributed by atoms with Crippen LogP contribution in [0.4, 0.5) is 0 Å². The molecule has 1 aliphatic heterocycles. The minimum Gasteiger partial charge on any atom is -0.493 e. The number of fused-ring (bicyclic) bond motifs is 1. The van der Waals surface area contributed by atoms with E-state index in [1.165, 1.54) is 5.56 Å². The van der Waals surface area contributed by atoms with Crippen LogP contribution in [0.15, 0.2) is 24.3 Å². The Kier molecular flexibility index (Phi) is 2.95. The predicted octanol–water partition coefficient (Wildman–Crippen LogP) is 2.08. The molecule has 0 spiro atoms. The van der Waals surface area contributed by atoms with Crippen LogP contribution in [0.5, 0.6) is 5.75 Å². The highest BCUT2D eigenvalue weighted by Gasteiger charge is 2.22. The van der Waals surface area contributed by atoms with Crippen molar-refractivity contribution < 1.29 is 4.74 Å². The molecule has 0 radical (unpaired) electrons. The summed E-state index contributed by atoms with van der Waals surface area (Å²) in [5, 5.41) is 8.20. The van der Waals surface area contributed by atoms with Crippen molar-refractivity contribution in [2.75, 3.05) is 6.61 Å². The average Bonchev–Trinajstić information content (AvgIpc) is 2.89. The lowest BCUT2D eigenvalue weighted by atomic mass is 9.96. The molecule has 2 heterocycles.